The van der Waals surface area contributed by atoms with Gasteiger partial charge in [0.2, 0.25) is 5.91 Å². The van der Waals surface area contributed by atoms with E-state index < -0.39 is 0 Å². The van der Waals surface area contributed by atoms with E-state index in [2.05, 4.69) is 10.6 Å². The molecule has 0 spiro atoms. The van der Waals surface area contributed by atoms with Crippen molar-refractivity contribution in [2.45, 2.75) is 64.1 Å². The smallest absolute Gasteiger partial charge is 0.317 e. The minimum atomic E-state index is -0.0744. The molecule has 3 amide bonds. The van der Waals surface area contributed by atoms with E-state index in [0.717, 1.165) is 24.0 Å². The Hall–Kier alpha value is -2.82. The predicted molar refractivity (Wildman–Crippen MR) is 120 cm³/mol. The van der Waals surface area contributed by atoms with Crippen LogP contribution in [0.1, 0.15) is 62.6 Å². The molecule has 0 aromatic heterocycles. The van der Waals surface area contributed by atoms with Crippen LogP contribution < -0.4 is 10.6 Å². The van der Waals surface area contributed by atoms with E-state index in [0.29, 0.717) is 13.1 Å². The molecule has 1 unspecified atom stereocenters. The Morgan fingerprint density at radius 2 is 1.60 bits per heavy atom. The molecular formula is C25H33N3O2. The zero-order valence-electron chi connectivity index (χ0n) is 17.8. The van der Waals surface area contributed by atoms with Gasteiger partial charge in [0.05, 0.1) is 6.04 Å². The number of nitrogens with one attached hydrogen (secondary N) is 2. The number of nitrogens with zero attached hydrogens (tertiary/aromatic N) is 1. The van der Waals surface area contributed by atoms with Crippen molar-refractivity contribution >= 4 is 11.9 Å². The van der Waals surface area contributed by atoms with Crippen molar-refractivity contribution < 1.29 is 9.59 Å². The van der Waals surface area contributed by atoms with E-state index in [1.54, 1.807) is 4.90 Å². The van der Waals surface area contributed by atoms with Gasteiger partial charge in [-0.2, -0.15) is 0 Å². The van der Waals surface area contributed by atoms with E-state index >= 15 is 0 Å². The zero-order chi connectivity index (χ0) is 21.2. The standard InChI is InChI=1S/C25H33N3O2/c1-20(22-13-7-3-8-14-22)26-24(29)17-18-28(19-21-11-5-2-6-12-21)25(30)27-23-15-9-4-10-16-23/h2-3,5-8,11-14,20,23H,4,9-10,15-19H2,1H3,(H,26,29)(H,27,30). The summed E-state index contributed by atoms with van der Waals surface area (Å²) >= 11 is 0. The lowest BCUT2D eigenvalue weighted by atomic mass is 9.96. The molecule has 1 aliphatic carbocycles. The highest BCUT2D eigenvalue weighted by Crippen LogP contribution is 2.18. The highest BCUT2D eigenvalue weighted by Gasteiger charge is 2.21. The van der Waals surface area contributed by atoms with E-state index in [9.17, 15) is 9.59 Å². The fourth-order valence-corrected chi connectivity index (χ4v) is 3.94. The Bertz CT molecular complexity index is 789. The molecule has 2 aromatic carbocycles. The molecule has 5 nitrogen and oxygen atoms in total. The van der Waals surface area contributed by atoms with Crippen LogP contribution in [0, 0.1) is 0 Å². The van der Waals surface area contributed by atoms with Crippen LogP contribution in [0.3, 0.4) is 0 Å². The second-order valence-electron chi connectivity index (χ2n) is 8.14. The number of amides is 3. The first-order chi connectivity index (χ1) is 14.6. The van der Waals surface area contributed by atoms with Crippen LogP contribution in [0.5, 0.6) is 0 Å². The quantitative estimate of drug-likeness (QED) is 0.660. The van der Waals surface area contributed by atoms with Crippen molar-refractivity contribution in [1.29, 1.82) is 0 Å². The minimum absolute atomic E-state index is 0.0464. The molecule has 30 heavy (non-hydrogen) atoms. The number of hydrogen-bond acceptors (Lipinski definition) is 2. The summed E-state index contributed by atoms with van der Waals surface area (Å²) in [6, 6.07) is 20.0. The molecule has 2 N–H and O–H groups in total. The average Bonchev–Trinajstić information content (AvgIpc) is 2.78. The first-order valence-electron chi connectivity index (χ1n) is 11.1. The number of hydrogen-bond donors (Lipinski definition) is 2. The number of urea groups is 1. The number of carbonyl (C=O) groups excluding carboxylic acids is 2. The maximum atomic E-state index is 13.0. The fourth-order valence-electron chi connectivity index (χ4n) is 3.94. The van der Waals surface area contributed by atoms with Crippen LogP contribution in [0.2, 0.25) is 0 Å². The summed E-state index contributed by atoms with van der Waals surface area (Å²) in [6.07, 6.45) is 5.95. The molecule has 1 saturated carbocycles. The number of carbonyl (C=O) groups is 2. The molecule has 1 fully saturated rings. The van der Waals surface area contributed by atoms with E-state index in [4.69, 9.17) is 0 Å². The van der Waals surface area contributed by atoms with Gasteiger partial charge in [-0.25, -0.2) is 4.79 Å². The lowest BCUT2D eigenvalue weighted by molar-refractivity contribution is -0.121. The molecule has 160 valence electrons. The van der Waals surface area contributed by atoms with Gasteiger partial charge < -0.3 is 15.5 Å². The Balaban J connectivity index is 1.56. The van der Waals surface area contributed by atoms with E-state index in [1.165, 1.54) is 19.3 Å². The van der Waals surface area contributed by atoms with Crippen LogP contribution in [0.4, 0.5) is 4.79 Å². The topological polar surface area (TPSA) is 61.4 Å². The normalized spacial score (nSPS) is 15.2. The first kappa shape index (κ1) is 21.9. The van der Waals surface area contributed by atoms with Crippen LogP contribution >= 0.6 is 0 Å². The Morgan fingerprint density at radius 1 is 0.967 bits per heavy atom. The molecule has 0 heterocycles. The van der Waals surface area contributed by atoms with Gasteiger partial charge in [-0.15, -0.1) is 0 Å². The van der Waals surface area contributed by atoms with Gasteiger partial charge in [0.15, 0.2) is 0 Å². The first-order valence-corrected chi connectivity index (χ1v) is 11.1. The summed E-state index contributed by atoms with van der Waals surface area (Å²) in [5.74, 6) is -0.0464. The van der Waals surface area contributed by atoms with Crippen LogP contribution in [-0.4, -0.2) is 29.4 Å². The zero-order valence-corrected chi connectivity index (χ0v) is 17.8. The van der Waals surface area contributed by atoms with Gasteiger partial charge in [0.1, 0.15) is 0 Å². The molecule has 1 atom stereocenters. The molecule has 0 radical (unpaired) electrons. The molecular weight excluding hydrogens is 374 g/mol. The van der Waals surface area contributed by atoms with E-state index in [1.807, 2.05) is 67.6 Å². The number of benzene rings is 2. The third-order valence-electron chi connectivity index (χ3n) is 5.72. The molecule has 0 bridgehead atoms. The second-order valence-corrected chi connectivity index (χ2v) is 8.14. The van der Waals surface area contributed by atoms with Gasteiger partial charge in [-0.05, 0) is 30.9 Å². The molecule has 1 aliphatic rings. The van der Waals surface area contributed by atoms with Crippen LogP contribution in [0.15, 0.2) is 60.7 Å². The minimum Gasteiger partial charge on any atom is -0.350 e. The van der Waals surface area contributed by atoms with Gasteiger partial charge in [-0.3, -0.25) is 4.79 Å². The Morgan fingerprint density at radius 3 is 2.27 bits per heavy atom. The highest BCUT2D eigenvalue weighted by molar-refractivity contribution is 5.78. The molecule has 5 heteroatoms. The lowest BCUT2D eigenvalue weighted by Gasteiger charge is -2.28. The monoisotopic (exact) mass is 407 g/mol. The largest absolute Gasteiger partial charge is 0.350 e. The summed E-state index contributed by atoms with van der Waals surface area (Å²) in [5, 5.41) is 6.22. The van der Waals surface area contributed by atoms with Crippen molar-refractivity contribution in [3.05, 3.63) is 71.8 Å². The SMILES string of the molecule is CC(NC(=O)CCN(Cc1ccccc1)C(=O)NC1CCCCC1)c1ccccc1. The number of rotatable bonds is 8. The summed E-state index contributed by atoms with van der Waals surface area (Å²) in [4.78, 5) is 27.2. The predicted octanol–water partition coefficient (Wildman–Crippen LogP) is 4.80. The third-order valence-corrected chi connectivity index (χ3v) is 5.72. The fraction of sp³-hybridized carbons (Fsp3) is 0.440. The van der Waals surface area contributed by atoms with Crippen LogP contribution in [-0.2, 0) is 11.3 Å². The van der Waals surface area contributed by atoms with Crippen LogP contribution in [0.25, 0.3) is 0 Å². The van der Waals surface area contributed by atoms with Crippen molar-refractivity contribution in [1.82, 2.24) is 15.5 Å². The summed E-state index contributed by atoms with van der Waals surface area (Å²) in [7, 11) is 0. The average molecular weight is 408 g/mol. The summed E-state index contributed by atoms with van der Waals surface area (Å²) in [5.41, 5.74) is 2.14. The second kappa shape index (κ2) is 11.4. The highest BCUT2D eigenvalue weighted by atomic mass is 16.2. The Labute approximate surface area is 179 Å². The van der Waals surface area contributed by atoms with E-state index in [-0.39, 0.29) is 30.4 Å². The molecule has 0 saturated heterocycles. The van der Waals surface area contributed by atoms with Gasteiger partial charge in [0, 0.05) is 25.6 Å². The Kier molecular flexibility index (Phi) is 8.30. The van der Waals surface area contributed by atoms with Crippen molar-refractivity contribution in [3.63, 3.8) is 0 Å². The van der Waals surface area contributed by atoms with Crippen molar-refractivity contribution in [2.24, 2.45) is 0 Å². The molecule has 2 aromatic rings. The van der Waals surface area contributed by atoms with Crippen molar-refractivity contribution in [2.75, 3.05) is 6.54 Å². The molecule has 0 aliphatic heterocycles. The van der Waals surface area contributed by atoms with Crippen molar-refractivity contribution in [3.8, 4) is 0 Å². The van der Waals surface area contributed by atoms with Gasteiger partial charge in [-0.1, -0.05) is 79.9 Å². The lowest BCUT2D eigenvalue weighted by Crippen LogP contribution is -2.46. The summed E-state index contributed by atoms with van der Waals surface area (Å²) < 4.78 is 0. The maximum absolute atomic E-state index is 13.0. The maximum Gasteiger partial charge on any atom is 0.317 e. The third kappa shape index (κ3) is 6.90. The van der Waals surface area contributed by atoms with Gasteiger partial charge >= 0.3 is 6.03 Å². The molecule has 3 rings (SSSR count). The summed E-state index contributed by atoms with van der Waals surface area (Å²) in [6.45, 7) is 2.87. The van der Waals surface area contributed by atoms with Gasteiger partial charge in [0.25, 0.3) is 0 Å².